The van der Waals surface area contributed by atoms with Gasteiger partial charge >= 0.3 is 0 Å². The van der Waals surface area contributed by atoms with E-state index < -0.39 is 6.10 Å². The van der Waals surface area contributed by atoms with E-state index in [1.54, 1.807) is 6.20 Å². The highest BCUT2D eigenvalue weighted by atomic mass is 127. The molecule has 1 unspecified atom stereocenters. The van der Waals surface area contributed by atoms with Crippen LogP contribution in [0, 0.1) is 3.57 Å². The number of halogens is 1. The Hall–Kier alpha value is -1.46. The number of hydrogen-bond acceptors (Lipinski definition) is 2. The molecule has 0 aliphatic carbocycles. The lowest BCUT2D eigenvalue weighted by molar-refractivity contribution is 0.220. The highest BCUT2D eigenvalue weighted by molar-refractivity contribution is 14.1. The van der Waals surface area contributed by atoms with Crippen LogP contribution >= 0.6 is 22.6 Å². The number of aliphatic hydroxyl groups excluding tert-OH is 1. The molecule has 19 heavy (non-hydrogen) atoms. The number of aromatic nitrogens is 1. The summed E-state index contributed by atoms with van der Waals surface area (Å²) in [6.07, 6.45) is 1.18. The quantitative estimate of drug-likeness (QED) is 0.702. The monoisotopic (exact) mass is 361 g/mol. The first-order valence-corrected chi connectivity index (χ1v) is 7.10. The summed E-state index contributed by atoms with van der Waals surface area (Å²) < 4.78 is 1.12. The van der Waals surface area contributed by atoms with Gasteiger partial charge in [-0.3, -0.25) is 4.98 Å². The molecule has 2 aromatic carbocycles. The standard InChI is InChI=1S/C16H12INO/c17-14-5-1-3-12(10-14)16(19)13-6-7-15-11(9-13)4-2-8-18-15/h1-10,16,19H. The summed E-state index contributed by atoms with van der Waals surface area (Å²) >= 11 is 2.25. The molecule has 0 aliphatic heterocycles. The smallest absolute Gasteiger partial charge is 0.104 e. The maximum absolute atomic E-state index is 10.5. The Balaban J connectivity index is 2.04. The average molecular weight is 361 g/mol. The molecule has 2 nitrogen and oxygen atoms in total. The van der Waals surface area contributed by atoms with Gasteiger partial charge in [-0.2, -0.15) is 0 Å². The minimum atomic E-state index is -0.598. The van der Waals surface area contributed by atoms with Gasteiger partial charge in [0, 0.05) is 15.2 Å². The van der Waals surface area contributed by atoms with Crippen LogP contribution in [0.3, 0.4) is 0 Å². The number of benzene rings is 2. The van der Waals surface area contributed by atoms with E-state index in [1.807, 2.05) is 54.6 Å². The predicted octanol–water partition coefficient (Wildman–Crippen LogP) is 3.92. The molecule has 3 rings (SSSR count). The normalized spacial score (nSPS) is 12.5. The molecule has 1 aromatic heterocycles. The summed E-state index contributed by atoms with van der Waals surface area (Å²) in [5.41, 5.74) is 2.75. The molecule has 0 saturated carbocycles. The second-order valence-corrected chi connectivity index (χ2v) is 5.66. The number of hydrogen-bond donors (Lipinski definition) is 1. The Labute approximate surface area is 125 Å². The first-order chi connectivity index (χ1) is 9.24. The highest BCUT2D eigenvalue weighted by Crippen LogP contribution is 2.25. The molecule has 1 N–H and O–H groups in total. The van der Waals surface area contributed by atoms with Gasteiger partial charge in [0.05, 0.1) is 5.52 Å². The molecule has 0 radical (unpaired) electrons. The third-order valence-electron chi connectivity index (χ3n) is 3.11. The number of pyridine rings is 1. The summed E-state index contributed by atoms with van der Waals surface area (Å²) in [7, 11) is 0. The summed E-state index contributed by atoms with van der Waals surface area (Å²) in [5.74, 6) is 0. The highest BCUT2D eigenvalue weighted by Gasteiger charge is 2.11. The van der Waals surface area contributed by atoms with E-state index >= 15 is 0 Å². The van der Waals surface area contributed by atoms with Gasteiger partial charge in [0.25, 0.3) is 0 Å². The maximum Gasteiger partial charge on any atom is 0.104 e. The molecule has 1 atom stereocenters. The Kier molecular flexibility index (Phi) is 3.48. The first kappa shape index (κ1) is 12.6. The third kappa shape index (κ3) is 2.62. The zero-order chi connectivity index (χ0) is 13.2. The van der Waals surface area contributed by atoms with Crippen molar-refractivity contribution in [1.29, 1.82) is 0 Å². The number of nitrogens with zero attached hydrogens (tertiary/aromatic N) is 1. The van der Waals surface area contributed by atoms with E-state index in [1.165, 1.54) is 0 Å². The fraction of sp³-hybridized carbons (Fsp3) is 0.0625. The van der Waals surface area contributed by atoms with Gasteiger partial charge in [-0.25, -0.2) is 0 Å². The number of fused-ring (bicyclic) bond motifs is 1. The minimum Gasteiger partial charge on any atom is -0.384 e. The SMILES string of the molecule is OC(c1cccc(I)c1)c1ccc2ncccc2c1. The van der Waals surface area contributed by atoms with Crippen LogP contribution in [0.1, 0.15) is 17.2 Å². The van der Waals surface area contributed by atoms with Crippen LogP contribution in [0.4, 0.5) is 0 Å². The fourth-order valence-corrected chi connectivity index (χ4v) is 2.70. The lowest BCUT2D eigenvalue weighted by atomic mass is 10.00. The molecule has 1 heterocycles. The van der Waals surface area contributed by atoms with Gasteiger partial charge in [-0.15, -0.1) is 0 Å². The van der Waals surface area contributed by atoms with Gasteiger partial charge < -0.3 is 5.11 Å². The van der Waals surface area contributed by atoms with Crippen LogP contribution in [-0.4, -0.2) is 10.1 Å². The second-order valence-electron chi connectivity index (χ2n) is 4.41. The summed E-state index contributed by atoms with van der Waals surface area (Å²) in [6.45, 7) is 0. The van der Waals surface area contributed by atoms with E-state index in [2.05, 4.69) is 27.6 Å². The van der Waals surface area contributed by atoms with Crippen LogP contribution in [0.2, 0.25) is 0 Å². The number of rotatable bonds is 2. The van der Waals surface area contributed by atoms with Crippen molar-refractivity contribution in [3.05, 3.63) is 75.5 Å². The summed E-state index contributed by atoms with van der Waals surface area (Å²) in [5, 5.41) is 11.5. The lowest BCUT2D eigenvalue weighted by Crippen LogP contribution is -1.99. The average Bonchev–Trinajstić information content (AvgIpc) is 2.46. The third-order valence-corrected chi connectivity index (χ3v) is 3.78. The van der Waals surface area contributed by atoms with Crippen LogP contribution in [0.5, 0.6) is 0 Å². The van der Waals surface area contributed by atoms with Crippen molar-refractivity contribution < 1.29 is 5.11 Å². The molecule has 0 fully saturated rings. The van der Waals surface area contributed by atoms with Crippen molar-refractivity contribution in [2.45, 2.75) is 6.10 Å². The van der Waals surface area contributed by atoms with Crippen molar-refractivity contribution in [3.8, 4) is 0 Å². The zero-order valence-corrected chi connectivity index (χ0v) is 12.3. The predicted molar refractivity (Wildman–Crippen MR) is 85.0 cm³/mol. The first-order valence-electron chi connectivity index (χ1n) is 6.02. The molecule has 0 saturated heterocycles. The van der Waals surface area contributed by atoms with Crippen LogP contribution in [0.25, 0.3) is 10.9 Å². The van der Waals surface area contributed by atoms with E-state index in [0.717, 1.165) is 25.6 Å². The summed E-state index contributed by atoms with van der Waals surface area (Å²) in [4.78, 5) is 4.29. The zero-order valence-electron chi connectivity index (χ0n) is 10.1. The van der Waals surface area contributed by atoms with Gasteiger partial charge in [-0.05, 0) is 64.0 Å². The second kappa shape index (κ2) is 5.27. The Morgan fingerprint density at radius 1 is 0.947 bits per heavy atom. The van der Waals surface area contributed by atoms with Gasteiger partial charge in [0.2, 0.25) is 0 Å². The fourth-order valence-electron chi connectivity index (χ4n) is 2.13. The largest absolute Gasteiger partial charge is 0.384 e. The van der Waals surface area contributed by atoms with Crippen molar-refractivity contribution in [2.75, 3.05) is 0 Å². The van der Waals surface area contributed by atoms with E-state index in [4.69, 9.17) is 0 Å². The van der Waals surface area contributed by atoms with E-state index in [0.29, 0.717) is 0 Å². The van der Waals surface area contributed by atoms with Crippen LogP contribution < -0.4 is 0 Å². The molecule has 0 bridgehead atoms. The van der Waals surface area contributed by atoms with Crippen molar-refractivity contribution >= 4 is 33.5 Å². The molecular weight excluding hydrogens is 349 g/mol. The molecule has 3 aromatic rings. The minimum absolute atomic E-state index is 0.598. The van der Waals surface area contributed by atoms with E-state index in [9.17, 15) is 5.11 Å². The topological polar surface area (TPSA) is 33.1 Å². The maximum atomic E-state index is 10.5. The van der Waals surface area contributed by atoms with Crippen LogP contribution in [-0.2, 0) is 0 Å². The van der Waals surface area contributed by atoms with Gasteiger partial charge in [0.15, 0.2) is 0 Å². The molecule has 94 valence electrons. The van der Waals surface area contributed by atoms with Crippen molar-refractivity contribution in [1.82, 2.24) is 4.98 Å². The van der Waals surface area contributed by atoms with E-state index in [-0.39, 0.29) is 0 Å². The number of aliphatic hydroxyl groups is 1. The van der Waals surface area contributed by atoms with Gasteiger partial charge in [-0.1, -0.05) is 24.3 Å². The molecule has 0 aliphatic rings. The summed E-state index contributed by atoms with van der Waals surface area (Å²) in [6, 6.07) is 17.7. The lowest BCUT2D eigenvalue weighted by Gasteiger charge is -2.12. The molecular formula is C16H12INO. The molecule has 0 amide bonds. The Morgan fingerprint density at radius 2 is 1.79 bits per heavy atom. The van der Waals surface area contributed by atoms with Crippen molar-refractivity contribution in [2.24, 2.45) is 0 Å². The Morgan fingerprint density at radius 3 is 2.63 bits per heavy atom. The van der Waals surface area contributed by atoms with Crippen molar-refractivity contribution in [3.63, 3.8) is 0 Å². The Bertz CT molecular complexity index is 727. The molecule has 3 heteroatoms. The van der Waals surface area contributed by atoms with Gasteiger partial charge in [0.1, 0.15) is 6.10 Å². The van der Waals surface area contributed by atoms with Crippen LogP contribution in [0.15, 0.2) is 60.8 Å². The molecule has 0 spiro atoms.